The first-order chi connectivity index (χ1) is 13.0. The zero-order valence-electron chi connectivity index (χ0n) is 16.4. The lowest BCUT2D eigenvalue weighted by atomic mass is 9.87. The maximum atomic E-state index is 13.2. The number of hydrogen-bond donors (Lipinski definition) is 1. The summed E-state index contributed by atoms with van der Waals surface area (Å²) in [6, 6.07) is 10.2. The molecule has 1 fully saturated rings. The lowest BCUT2D eigenvalue weighted by Gasteiger charge is -2.22. The van der Waals surface area contributed by atoms with E-state index in [9.17, 15) is 16.8 Å². The number of nitrogens with one attached hydrogen (secondary N) is 1. The Hall–Kier alpha value is -1.22. The van der Waals surface area contributed by atoms with Gasteiger partial charge in [-0.1, -0.05) is 39.0 Å². The number of thiophene rings is 1. The summed E-state index contributed by atoms with van der Waals surface area (Å²) in [5.74, 6) is -0.464. The molecule has 3 rings (SSSR count). The van der Waals surface area contributed by atoms with Gasteiger partial charge in [0.25, 0.3) is 0 Å². The normalized spacial score (nSPS) is 22.4. The fourth-order valence-corrected chi connectivity index (χ4v) is 8.89. The monoisotopic (exact) mass is 441 g/mol. The summed E-state index contributed by atoms with van der Waals surface area (Å²) >= 11 is 1.64. The Kier molecular flexibility index (Phi) is 6.06. The minimum absolute atomic E-state index is 0.0785. The van der Waals surface area contributed by atoms with E-state index < -0.39 is 31.0 Å². The van der Waals surface area contributed by atoms with E-state index >= 15 is 0 Å². The van der Waals surface area contributed by atoms with Crippen LogP contribution in [0.25, 0.3) is 0 Å². The van der Waals surface area contributed by atoms with Crippen LogP contribution in [0.1, 0.15) is 31.2 Å². The van der Waals surface area contributed by atoms with Gasteiger partial charge in [-0.15, -0.1) is 11.3 Å². The predicted molar refractivity (Wildman–Crippen MR) is 115 cm³/mol. The largest absolute Gasteiger partial charge is 0.311 e. The summed E-state index contributed by atoms with van der Waals surface area (Å²) in [5.41, 5.74) is 0.960. The summed E-state index contributed by atoms with van der Waals surface area (Å²) in [7, 11) is -7.13. The van der Waals surface area contributed by atoms with Crippen molar-refractivity contribution < 1.29 is 16.8 Å². The molecule has 2 heterocycles. The molecule has 1 aromatic carbocycles. The van der Waals surface area contributed by atoms with Crippen molar-refractivity contribution in [2.75, 3.05) is 18.1 Å². The molecule has 0 radical (unpaired) electrons. The number of hydrogen-bond acceptors (Lipinski definition) is 6. The first-order valence-corrected chi connectivity index (χ1v) is 13.5. The van der Waals surface area contributed by atoms with Crippen molar-refractivity contribution in [1.29, 1.82) is 0 Å². The molecule has 1 aliphatic rings. The van der Waals surface area contributed by atoms with Gasteiger partial charge < -0.3 is 5.32 Å². The first kappa shape index (κ1) is 21.5. The lowest BCUT2D eigenvalue weighted by Crippen LogP contribution is -2.44. The van der Waals surface area contributed by atoms with Gasteiger partial charge in [-0.3, -0.25) is 0 Å². The standard InChI is InChI=1S/C20H27NO4S3/c1-20(2,3)15-6-8-17(9-7-15)28(24,25)19-14-27(22,23)13-18(19)21-11-10-16-5-4-12-26-16/h4-9,12,18-19,21H,10-11,13-14H2,1-3H3/t18-,19-/m0/s1. The highest BCUT2D eigenvalue weighted by Crippen LogP contribution is 2.28. The Balaban J connectivity index is 1.79. The van der Waals surface area contributed by atoms with E-state index in [0.29, 0.717) is 6.54 Å². The topological polar surface area (TPSA) is 80.3 Å². The number of benzene rings is 1. The van der Waals surface area contributed by atoms with Gasteiger partial charge in [0.15, 0.2) is 19.7 Å². The molecule has 0 amide bonds. The van der Waals surface area contributed by atoms with Crippen molar-refractivity contribution in [2.24, 2.45) is 0 Å². The van der Waals surface area contributed by atoms with Crippen molar-refractivity contribution in [3.05, 3.63) is 52.2 Å². The summed E-state index contributed by atoms with van der Waals surface area (Å²) in [5, 5.41) is 4.22. The summed E-state index contributed by atoms with van der Waals surface area (Å²) < 4.78 is 50.8. The van der Waals surface area contributed by atoms with Crippen LogP contribution in [0.3, 0.4) is 0 Å². The molecular formula is C20H27NO4S3. The Labute approximate surface area is 172 Å². The van der Waals surface area contributed by atoms with Crippen LogP contribution >= 0.6 is 11.3 Å². The molecule has 0 spiro atoms. The van der Waals surface area contributed by atoms with Crippen LogP contribution in [-0.4, -0.2) is 46.2 Å². The van der Waals surface area contributed by atoms with Gasteiger partial charge in [-0.25, -0.2) is 16.8 Å². The first-order valence-electron chi connectivity index (χ1n) is 9.30. The van der Waals surface area contributed by atoms with E-state index in [2.05, 4.69) is 26.1 Å². The quantitative estimate of drug-likeness (QED) is 0.746. The van der Waals surface area contributed by atoms with Crippen molar-refractivity contribution in [2.45, 2.75) is 48.8 Å². The van der Waals surface area contributed by atoms with E-state index in [-0.39, 0.29) is 21.8 Å². The van der Waals surface area contributed by atoms with Gasteiger partial charge >= 0.3 is 0 Å². The van der Waals surface area contributed by atoms with Gasteiger partial charge in [0.2, 0.25) is 0 Å². The van der Waals surface area contributed by atoms with Crippen LogP contribution in [0.15, 0.2) is 46.7 Å². The fourth-order valence-electron chi connectivity index (χ4n) is 3.47. The Morgan fingerprint density at radius 3 is 2.36 bits per heavy atom. The molecule has 0 unspecified atom stereocenters. The van der Waals surface area contributed by atoms with E-state index in [0.717, 1.165) is 12.0 Å². The minimum atomic E-state index is -3.74. The Morgan fingerprint density at radius 1 is 1.11 bits per heavy atom. The maximum absolute atomic E-state index is 13.2. The lowest BCUT2D eigenvalue weighted by molar-refractivity contribution is 0.529. The summed E-state index contributed by atoms with van der Waals surface area (Å²) in [6.45, 7) is 6.74. The van der Waals surface area contributed by atoms with Crippen LogP contribution in [0.5, 0.6) is 0 Å². The summed E-state index contributed by atoms with van der Waals surface area (Å²) in [4.78, 5) is 1.37. The molecule has 2 atom stereocenters. The third-order valence-electron chi connectivity index (χ3n) is 5.11. The average molecular weight is 442 g/mol. The van der Waals surface area contributed by atoms with E-state index in [1.807, 2.05) is 29.6 Å². The smallest absolute Gasteiger partial charge is 0.183 e. The molecule has 0 saturated carbocycles. The van der Waals surface area contributed by atoms with Crippen LogP contribution in [-0.2, 0) is 31.5 Å². The Bertz CT molecular complexity index is 1000. The third kappa shape index (κ3) is 4.84. The second kappa shape index (κ2) is 7.89. The van der Waals surface area contributed by atoms with Gasteiger partial charge in [-0.2, -0.15) is 0 Å². The molecule has 154 valence electrons. The van der Waals surface area contributed by atoms with Crippen LogP contribution < -0.4 is 5.32 Å². The van der Waals surface area contributed by atoms with Crippen molar-refractivity contribution in [1.82, 2.24) is 5.32 Å². The molecule has 0 bridgehead atoms. The molecule has 8 heteroatoms. The third-order valence-corrected chi connectivity index (χ3v) is 10.2. The van der Waals surface area contributed by atoms with E-state index in [1.165, 1.54) is 4.88 Å². The average Bonchev–Trinajstić information content (AvgIpc) is 3.22. The van der Waals surface area contributed by atoms with Gasteiger partial charge in [-0.05, 0) is 41.0 Å². The molecule has 28 heavy (non-hydrogen) atoms. The molecule has 2 aromatic rings. The zero-order chi connectivity index (χ0) is 20.6. The highest BCUT2D eigenvalue weighted by atomic mass is 32.2. The highest BCUT2D eigenvalue weighted by Gasteiger charge is 2.45. The molecule has 1 saturated heterocycles. The minimum Gasteiger partial charge on any atom is -0.311 e. The molecule has 0 aliphatic carbocycles. The van der Waals surface area contributed by atoms with Gasteiger partial charge in [0.1, 0.15) is 0 Å². The van der Waals surface area contributed by atoms with Gasteiger partial charge in [0, 0.05) is 17.5 Å². The fraction of sp³-hybridized carbons (Fsp3) is 0.500. The maximum Gasteiger partial charge on any atom is 0.183 e. The molecule has 1 aliphatic heterocycles. The second-order valence-electron chi connectivity index (χ2n) is 8.32. The number of rotatable bonds is 6. The SMILES string of the molecule is CC(C)(C)c1ccc(S(=O)(=O)[C@H]2CS(=O)(=O)C[C@@H]2NCCc2cccs2)cc1. The van der Waals surface area contributed by atoms with Crippen LogP contribution in [0.4, 0.5) is 0 Å². The Morgan fingerprint density at radius 2 is 1.79 bits per heavy atom. The summed E-state index contributed by atoms with van der Waals surface area (Å²) in [6.07, 6.45) is 0.751. The van der Waals surface area contributed by atoms with Crippen molar-refractivity contribution in [3.63, 3.8) is 0 Å². The molecule has 1 aromatic heterocycles. The van der Waals surface area contributed by atoms with Crippen molar-refractivity contribution in [3.8, 4) is 0 Å². The van der Waals surface area contributed by atoms with Crippen LogP contribution in [0, 0.1) is 0 Å². The highest BCUT2D eigenvalue weighted by molar-refractivity contribution is 7.96. The number of sulfone groups is 2. The molecule has 1 N–H and O–H groups in total. The second-order valence-corrected chi connectivity index (χ2v) is 13.7. The molecule has 5 nitrogen and oxygen atoms in total. The zero-order valence-corrected chi connectivity index (χ0v) is 18.8. The molecular weight excluding hydrogens is 414 g/mol. The van der Waals surface area contributed by atoms with Gasteiger partial charge in [0.05, 0.1) is 21.7 Å². The van der Waals surface area contributed by atoms with Crippen molar-refractivity contribution >= 4 is 31.0 Å². The van der Waals surface area contributed by atoms with E-state index in [1.54, 1.807) is 23.5 Å². The predicted octanol–water partition coefficient (Wildman–Crippen LogP) is 2.82. The van der Waals surface area contributed by atoms with E-state index in [4.69, 9.17) is 0 Å². The van der Waals surface area contributed by atoms with Crippen LogP contribution in [0.2, 0.25) is 0 Å².